The van der Waals surface area contributed by atoms with Crippen LogP contribution in [0.1, 0.15) is 24.5 Å². The molecule has 3 nitrogen and oxygen atoms in total. The van der Waals surface area contributed by atoms with Crippen molar-refractivity contribution in [1.82, 2.24) is 4.31 Å². The molecule has 0 aliphatic carbocycles. The summed E-state index contributed by atoms with van der Waals surface area (Å²) in [6.07, 6.45) is 4.66. The lowest BCUT2D eigenvalue weighted by Gasteiger charge is -2.32. The molecule has 0 amide bonds. The van der Waals surface area contributed by atoms with E-state index in [1.807, 2.05) is 62.4 Å². The average Bonchev–Trinajstić information content (AvgIpc) is 2.63. The number of allylic oxidation sites excluding steroid dienone is 1. The Bertz CT molecular complexity index is 969. The first kappa shape index (κ1) is 18.2. The number of nitrogens with zero attached hydrogens (tertiary/aromatic N) is 1. The predicted molar refractivity (Wildman–Crippen MR) is 107 cm³/mol. The van der Waals surface area contributed by atoms with Crippen molar-refractivity contribution in [2.24, 2.45) is 0 Å². The molecule has 26 heavy (non-hydrogen) atoms. The molecular formula is C22H23NO2S. The van der Waals surface area contributed by atoms with E-state index in [-0.39, 0.29) is 0 Å². The van der Waals surface area contributed by atoms with Gasteiger partial charge in [-0.2, -0.15) is 0 Å². The van der Waals surface area contributed by atoms with E-state index < -0.39 is 10.0 Å². The zero-order valence-electron chi connectivity index (χ0n) is 15.1. The van der Waals surface area contributed by atoms with E-state index in [4.69, 9.17) is 0 Å². The summed E-state index contributed by atoms with van der Waals surface area (Å²) >= 11 is 0. The van der Waals surface area contributed by atoms with Crippen LogP contribution in [0.3, 0.4) is 0 Å². The van der Waals surface area contributed by atoms with Crippen molar-refractivity contribution in [3.63, 3.8) is 0 Å². The second-order valence-electron chi connectivity index (χ2n) is 6.52. The fourth-order valence-corrected chi connectivity index (χ4v) is 4.51. The van der Waals surface area contributed by atoms with Gasteiger partial charge in [0.15, 0.2) is 0 Å². The molecule has 3 rings (SSSR count). The first-order valence-corrected chi connectivity index (χ1v) is 10.1. The van der Waals surface area contributed by atoms with Crippen LogP contribution in [0.25, 0.3) is 6.08 Å². The second kappa shape index (κ2) is 7.34. The Hall–Kier alpha value is -2.59. The smallest absolute Gasteiger partial charge is 0.264 e. The van der Waals surface area contributed by atoms with Crippen LogP contribution in [0.5, 0.6) is 0 Å². The zero-order valence-corrected chi connectivity index (χ0v) is 16.0. The van der Waals surface area contributed by atoms with E-state index in [0.29, 0.717) is 23.6 Å². The molecule has 134 valence electrons. The predicted octanol–water partition coefficient (Wildman–Crippen LogP) is 4.93. The van der Waals surface area contributed by atoms with Crippen molar-refractivity contribution >= 4 is 16.1 Å². The van der Waals surface area contributed by atoms with Gasteiger partial charge in [-0.15, -0.1) is 0 Å². The zero-order chi connectivity index (χ0) is 18.7. The van der Waals surface area contributed by atoms with Crippen molar-refractivity contribution in [3.05, 3.63) is 95.2 Å². The van der Waals surface area contributed by atoms with E-state index >= 15 is 0 Å². The Labute approximate surface area is 156 Å². The highest BCUT2D eigenvalue weighted by Gasteiger charge is 2.30. The summed E-state index contributed by atoms with van der Waals surface area (Å²) in [6, 6.07) is 16.8. The SMILES string of the molecule is C=C(C)C1=CCCN(S(=O)(=O)c2ccc(C)cc2)/C1=C\c1ccccc1. The molecule has 4 heteroatoms. The molecule has 0 fully saturated rings. The van der Waals surface area contributed by atoms with Gasteiger partial charge >= 0.3 is 0 Å². The van der Waals surface area contributed by atoms with E-state index in [1.54, 1.807) is 12.1 Å². The second-order valence-corrected chi connectivity index (χ2v) is 8.38. The normalized spacial score (nSPS) is 16.5. The van der Waals surface area contributed by atoms with Crippen LogP contribution in [0.2, 0.25) is 0 Å². The Balaban J connectivity index is 2.12. The lowest BCUT2D eigenvalue weighted by atomic mass is 9.99. The molecule has 0 aromatic heterocycles. The van der Waals surface area contributed by atoms with E-state index in [2.05, 4.69) is 12.7 Å². The van der Waals surface area contributed by atoms with Crippen LogP contribution in [-0.4, -0.2) is 19.3 Å². The third-order valence-corrected chi connectivity index (χ3v) is 6.22. The first-order chi connectivity index (χ1) is 12.4. The first-order valence-electron chi connectivity index (χ1n) is 8.62. The van der Waals surface area contributed by atoms with Crippen molar-refractivity contribution in [2.75, 3.05) is 6.54 Å². The summed E-state index contributed by atoms with van der Waals surface area (Å²) in [5.74, 6) is 0. The number of aryl methyl sites for hydroxylation is 1. The van der Waals surface area contributed by atoms with Crippen LogP contribution in [-0.2, 0) is 10.0 Å². The molecule has 1 aliphatic heterocycles. The number of sulfonamides is 1. The minimum Gasteiger partial charge on any atom is -0.265 e. The molecule has 0 bridgehead atoms. The van der Waals surface area contributed by atoms with Crippen LogP contribution in [0.4, 0.5) is 0 Å². The molecule has 2 aromatic carbocycles. The lowest BCUT2D eigenvalue weighted by Crippen LogP contribution is -2.34. The van der Waals surface area contributed by atoms with E-state index in [9.17, 15) is 8.42 Å². The largest absolute Gasteiger partial charge is 0.265 e. The Morgan fingerprint density at radius 1 is 1.08 bits per heavy atom. The molecule has 0 radical (unpaired) electrons. The standard InChI is InChI=1S/C22H23NO2S/c1-17(2)21-10-7-15-23(22(21)16-19-8-5-4-6-9-19)26(24,25)20-13-11-18(3)12-14-20/h4-6,8-14,16H,1,7,15H2,2-3H3/b22-16-. The van der Waals surface area contributed by atoms with Crippen molar-refractivity contribution in [3.8, 4) is 0 Å². The summed E-state index contributed by atoms with van der Waals surface area (Å²) in [5.41, 5.74) is 4.41. The molecule has 0 spiro atoms. The minimum atomic E-state index is -3.63. The quantitative estimate of drug-likeness (QED) is 0.770. The fourth-order valence-electron chi connectivity index (χ4n) is 3.02. The van der Waals surface area contributed by atoms with Crippen molar-refractivity contribution in [1.29, 1.82) is 0 Å². The topological polar surface area (TPSA) is 37.4 Å². The third kappa shape index (κ3) is 3.65. The monoisotopic (exact) mass is 365 g/mol. The van der Waals surface area contributed by atoms with Gasteiger partial charge < -0.3 is 0 Å². The van der Waals surface area contributed by atoms with Crippen molar-refractivity contribution < 1.29 is 8.42 Å². The van der Waals surface area contributed by atoms with Crippen molar-refractivity contribution in [2.45, 2.75) is 25.2 Å². The van der Waals surface area contributed by atoms with Gasteiger partial charge in [0.2, 0.25) is 0 Å². The molecule has 1 aliphatic rings. The summed E-state index contributed by atoms with van der Waals surface area (Å²) in [6.45, 7) is 8.32. The van der Waals surface area contributed by atoms with Gasteiger partial charge in [-0.3, -0.25) is 4.31 Å². The highest BCUT2D eigenvalue weighted by molar-refractivity contribution is 7.89. The average molecular weight is 365 g/mol. The number of benzene rings is 2. The minimum absolute atomic E-state index is 0.310. The Morgan fingerprint density at radius 2 is 1.73 bits per heavy atom. The van der Waals surface area contributed by atoms with Gasteiger partial charge in [0.05, 0.1) is 10.6 Å². The molecule has 0 atom stereocenters. The lowest BCUT2D eigenvalue weighted by molar-refractivity contribution is 0.478. The van der Waals surface area contributed by atoms with Crippen LogP contribution >= 0.6 is 0 Å². The van der Waals surface area contributed by atoms with E-state index in [0.717, 1.165) is 22.3 Å². The molecule has 0 saturated heterocycles. The molecule has 0 N–H and O–H groups in total. The van der Waals surface area contributed by atoms with Crippen LogP contribution in [0.15, 0.2) is 89.0 Å². The Morgan fingerprint density at radius 3 is 2.35 bits per heavy atom. The number of hydrogen-bond acceptors (Lipinski definition) is 2. The number of rotatable bonds is 4. The van der Waals surface area contributed by atoms with Gasteiger partial charge in [0.25, 0.3) is 10.0 Å². The third-order valence-electron chi connectivity index (χ3n) is 4.40. The molecule has 0 saturated carbocycles. The summed E-state index contributed by atoms with van der Waals surface area (Å²) in [7, 11) is -3.63. The fraction of sp³-hybridized carbons (Fsp3) is 0.182. The maximum atomic E-state index is 13.3. The van der Waals surface area contributed by atoms with Gasteiger partial charge in [-0.1, -0.05) is 60.7 Å². The summed E-state index contributed by atoms with van der Waals surface area (Å²) in [4.78, 5) is 0.310. The maximum Gasteiger partial charge on any atom is 0.264 e. The van der Waals surface area contributed by atoms with Gasteiger partial charge in [0.1, 0.15) is 0 Å². The molecular weight excluding hydrogens is 342 g/mol. The highest BCUT2D eigenvalue weighted by atomic mass is 32.2. The molecule has 2 aromatic rings. The summed E-state index contributed by atoms with van der Waals surface area (Å²) < 4.78 is 28.1. The maximum absolute atomic E-state index is 13.3. The number of hydrogen-bond donors (Lipinski definition) is 0. The Kier molecular flexibility index (Phi) is 5.14. The van der Waals surface area contributed by atoms with Gasteiger partial charge in [-0.25, -0.2) is 8.42 Å². The molecule has 1 heterocycles. The van der Waals surface area contributed by atoms with E-state index in [1.165, 1.54) is 4.31 Å². The van der Waals surface area contributed by atoms with Gasteiger partial charge in [0, 0.05) is 6.54 Å². The van der Waals surface area contributed by atoms with Gasteiger partial charge in [-0.05, 0) is 55.2 Å². The van der Waals surface area contributed by atoms with Crippen LogP contribution < -0.4 is 0 Å². The highest BCUT2D eigenvalue weighted by Crippen LogP contribution is 2.33. The van der Waals surface area contributed by atoms with Crippen LogP contribution in [0, 0.1) is 6.92 Å². The molecule has 0 unspecified atom stereocenters. The summed E-state index contributed by atoms with van der Waals surface area (Å²) in [5, 5.41) is 0.